The molecule has 2 amide bonds. The van der Waals surface area contributed by atoms with Gasteiger partial charge < -0.3 is 10.2 Å². The molecule has 1 aliphatic carbocycles. The molecule has 3 rings (SSSR count). The summed E-state index contributed by atoms with van der Waals surface area (Å²) in [5.41, 5.74) is 1.52. The molecule has 0 saturated heterocycles. The Kier molecular flexibility index (Phi) is 3.95. The number of carbonyl (C=O) groups is 1. The second-order valence-corrected chi connectivity index (χ2v) is 7.28. The Labute approximate surface area is 133 Å². The topological polar surface area (TPSA) is 32.3 Å². The first-order valence-electron chi connectivity index (χ1n) is 7.45. The fourth-order valence-electron chi connectivity index (χ4n) is 3.23. The summed E-state index contributed by atoms with van der Waals surface area (Å²) in [7, 11) is 0. The summed E-state index contributed by atoms with van der Waals surface area (Å²) in [5.74, 6) is 0. The number of nitrogens with zero attached hydrogens (tertiary/aromatic N) is 1. The van der Waals surface area contributed by atoms with E-state index in [0.29, 0.717) is 12.8 Å². The number of rotatable bonds is 1. The summed E-state index contributed by atoms with van der Waals surface area (Å²) in [5, 5.41) is 2.95. The number of urea groups is 1. The Morgan fingerprint density at radius 2 is 2.00 bits per heavy atom. The van der Waals surface area contributed by atoms with E-state index in [4.69, 9.17) is 0 Å². The van der Waals surface area contributed by atoms with Crippen molar-refractivity contribution < 1.29 is 9.18 Å². The first-order valence-corrected chi connectivity index (χ1v) is 8.24. The summed E-state index contributed by atoms with van der Waals surface area (Å²) >= 11 is 3.49. The molecular weight excluding hydrogens is 335 g/mol. The van der Waals surface area contributed by atoms with E-state index in [1.54, 1.807) is 6.92 Å². The number of alkyl halides is 1. The molecule has 0 aromatic heterocycles. The molecule has 1 N–H and O–H groups in total. The van der Waals surface area contributed by atoms with Crippen LogP contribution in [0.2, 0.25) is 0 Å². The van der Waals surface area contributed by atoms with Crippen LogP contribution in [0.3, 0.4) is 0 Å². The minimum absolute atomic E-state index is 0.00715. The van der Waals surface area contributed by atoms with Crippen molar-refractivity contribution in [3.63, 3.8) is 0 Å². The van der Waals surface area contributed by atoms with Gasteiger partial charge >= 0.3 is 6.03 Å². The molecule has 0 bridgehead atoms. The second-order valence-electron chi connectivity index (χ2n) is 6.37. The number of amides is 2. The minimum atomic E-state index is -1.10. The van der Waals surface area contributed by atoms with Gasteiger partial charge in [-0.25, -0.2) is 9.18 Å². The Balaban J connectivity index is 1.58. The SMILES string of the molecule is CC1(F)CC(NC(=O)N2CCc3ccc(Br)cc3CC2)C1. The predicted octanol–water partition coefficient (Wildman–Crippen LogP) is 3.45. The van der Waals surface area contributed by atoms with E-state index in [9.17, 15) is 9.18 Å². The largest absolute Gasteiger partial charge is 0.335 e. The van der Waals surface area contributed by atoms with Gasteiger partial charge in [-0.2, -0.15) is 0 Å². The number of benzene rings is 1. The summed E-state index contributed by atoms with van der Waals surface area (Å²) in [6.07, 6.45) is 2.61. The van der Waals surface area contributed by atoms with Crippen LogP contribution in [0, 0.1) is 0 Å². The number of carbonyl (C=O) groups excluding carboxylic acids is 1. The monoisotopic (exact) mass is 354 g/mol. The van der Waals surface area contributed by atoms with E-state index in [1.165, 1.54) is 11.1 Å². The molecule has 114 valence electrons. The van der Waals surface area contributed by atoms with Crippen LogP contribution in [0.4, 0.5) is 9.18 Å². The average molecular weight is 355 g/mol. The lowest BCUT2D eigenvalue weighted by Gasteiger charge is -2.39. The lowest BCUT2D eigenvalue weighted by Crippen LogP contribution is -2.54. The normalized spacial score (nSPS) is 28.3. The summed E-state index contributed by atoms with van der Waals surface area (Å²) in [6, 6.07) is 6.25. The second kappa shape index (κ2) is 5.59. The molecule has 1 fully saturated rings. The standard InChI is InChI=1S/C16H20BrFN2O/c1-16(18)9-14(10-16)19-15(21)20-6-4-11-2-3-13(17)8-12(11)5-7-20/h2-3,8,14H,4-7,9-10H2,1H3,(H,19,21). The predicted molar refractivity (Wildman–Crippen MR) is 84.2 cm³/mol. The average Bonchev–Trinajstić information content (AvgIpc) is 2.58. The molecule has 2 aliphatic rings. The maximum absolute atomic E-state index is 13.5. The van der Waals surface area contributed by atoms with Crippen LogP contribution in [0.15, 0.2) is 22.7 Å². The summed E-state index contributed by atoms with van der Waals surface area (Å²) < 4.78 is 14.5. The van der Waals surface area contributed by atoms with Gasteiger partial charge in [0.25, 0.3) is 0 Å². The van der Waals surface area contributed by atoms with Crippen LogP contribution in [-0.2, 0) is 12.8 Å². The van der Waals surface area contributed by atoms with E-state index < -0.39 is 5.67 Å². The van der Waals surface area contributed by atoms with Crippen molar-refractivity contribution in [1.29, 1.82) is 0 Å². The Bertz CT molecular complexity index is 553. The van der Waals surface area contributed by atoms with E-state index in [2.05, 4.69) is 33.4 Å². The third-order valence-corrected chi connectivity index (χ3v) is 4.92. The number of nitrogens with one attached hydrogen (secondary N) is 1. The van der Waals surface area contributed by atoms with Crippen molar-refractivity contribution in [2.24, 2.45) is 0 Å². The van der Waals surface area contributed by atoms with Crippen LogP contribution < -0.4 is 5.32 Å². The lowest BCUT2D eigenvalue weighted by molar-refractivity contribution is 0.0499. The van der Waals surface area contributed by atoms with Crippen molar-refractivity contribution in [3.8, 4) is 0 Å². The Morgan fingerprint density at radius 1 is 1.33 bits per heavy atom. The van der Waals surface area contributed by atoms with Gasteiger partial charge in [0.2, 0.25) is 0 Å². The third kappa shape index (κ3) is 3.39. The molecule has 1 aromatic carbocycles. The molecule has 0 atom stereocenters. The van der Waals surface area contributed by atoms with E-state index in [0.717, 1.165) is 30.4 Å². The van der Waals surface area contributed by atoms with E-state index in [-0.39, 0.29) is 12.1 Å². The summed E-state index contributed by atoms with van der Waals surface area (Å²) in [6.45, 7) is 3.03. The van der Waals surface area contributed by atoms with Crippen LogP contribution in [0.25, 0.3) is 0 Å². The first-order chi connectivity index (χ1) is 9.93. The molecule has 1 saturated carbocycles. The molecule has 5 heteroatoms. The fourth-order valence-corrected chi connectivity index (χ4v) is 3.64. The van der Waals surface area contributed by atoms with Crippen LogP contribution >= 0.6 is 15.9 Å². The maximum atomic E-state index is 13.5. The molecule has 0 unspecified atom stereocenters. The zero-order chi connectivity index (χ0) is 15.0. The van der Waals surface area contributed by atoms with Gasteiger partial charge in [-0.05, 0) is 43.0 Å². The van der Waals surface area contributed by atoms with Crippen molar-refractivity contribution in [2.75, 3.05) is 13.1 Å². The lowest BCUT2D eigenvalue weighted by atomic mass is 9.79. The zero-order valence-electron chi connectivity index (χ0n) is 12.2. The molecule has 1 heterocycles. The zero-order valence-corrected chi connectivity index (χ0v) is 13.7. The molecule has 1 aromatic rings. The molecule has 0 spiro atoms. The minimum Gasteiger partial charge on any atom is -0.335 e. The van der Waals surface area contributed by atoms with Gasteiger partial charge in [0.05, 0.1) is 0 Å². The Hall–Kier alpha value is -1.10. The van der Waals surface area contributed by atoms with Gasteiger partial charge in [-0.3, -0.25) is 0 Å². The highest BCUT2D eigenvalue weighted by molar-refractivity contribution is 9.10. The van der Waals surface area contributed by atoms with Gasteiger partial charge in [0.15, 0.2) is 0 Å². The fraction of sp³-hybridized carbons (Fsp3) is 0.562. The number of fused-ring (bicyclic) bond motifs is 1. The van der Waals surface area contributed by atoms with Gasteiger partial charge in [0.1, 0.15) is 5.67 Å². The number of hydrogen-bond acceptors (Lipinski definition) is 1. The molecule has 1 aliphatic heterocycles. The van der Waals surface area contributed by atoms with Crippen molar-refractivity contribution >= 4 is 22.0 Å². The van der Waals surface area contributed by atoms with Crippen LogP contribution in [-0.4, -0.2) is 35.7 Å². The van der Waals surface area contributed by atoms with E-state index >= 15 is 0 Å². The summed E-state index contributed by atoms with van der Waals surface area (Å²) in [4.78, 5) is 14.1. The van der Waals surface area contributed by atoms with Crippen molar-refractivity contribution in [2.45, 2.75) is 44.3 Å². The third-order valence-electron chi connectivity index (χ3n) is 4.43. The highest BCUT2D eigenvalue weighted by Gasteiger charge is 2.41. The highest BCUT2D eigenvalue weighted by atomic mass is 79.9. The van der Waals surface area contributed by atoms with Crippen LogP contribution in [0.5, 0.6) is 0 Å². The van der Waals surface area contributed by atoms with Gasteiger partial charge in [0, 0.05) is 36.4 Å². The van der Waals surface area contributed by atoms with Crippen molar-refractivity contribution in [3.05, 3.63) is 33.8 Å². The number of halogens is 2. The quantitative estimate of drug-likeness (QED) is 0.822. The molecule has 0 radical (unpaired) electrons. The van der Waals surface area contributed by atoms with Gasteiger partial charge in [-0.1, -0.05) is 22.0 Å². The highest BCUT2D eigenvalue weighted by Crippen LogP contribution is 2.35. The first kappa shape index (κ1) is 14.8. The molecule has 3 nitrogen and oxygen atoms in total. The van der Waals surface area contributed by atoms with Crippen molar-refractivity contribution in [1.82, 2.24) is 10.2 Å². The smallest absolute Gasteiger partial charge is 0.317 e. The van der Waals surface area contributed by atoms with Gasteiger partial charge in [-0.15, -0.1) is 0 Å². The van der Waals surface area contributed by atoms with Crippen LogP contribution in [0.1, 0.15) is 30.9 Å². The van der Waals surface area contributed by atoms with E-state index in [1.807, 2.05) is 11.0 Å². The maximum Gasteiger partial charge on any atom is 0.317 e. The Morgan fingerprint density at radius 3 is 2.67 bits per heavy atom. The number of hydrogen-bond donors (Lipinski definition) is 1. The molecule has 21 heavy (non-hydrogen) atoms. The molecular formula is C16H20BrFN2O.